The molecule has 0 fully saturated rings. The second-order valence-corrected chi connectivity index (χ2v) is 5.80. The molecule has 3 aromatic rings. The second kappa shape index (κ2) is 8.30. The molecule has 0 N–H and O–H groups in total. The van der Waals surface area contributed by atoms with Gasteiger partial charge >= 0.3 is 5.97 Å². The number of rotatable bonds is 6. The van der Waals surface area contributed by atoms with Gasteiger partial charge in [-0.15, -0.1) is 0 Å². The molecule has 4 heteroatoms. The molecule has 0 saturated heterocycles. The van der Waals surface area contributed by atoms with Gasteiger partial charge in [0.05, 0.1) is 19.4 Å². The van der Waals surface area contributed by atoms with E-state index in [4.69, 9.17) is 9.47 Å². The molecule has 2 aromatic carbocycles. The van der Waals surface area contributed by atoms with Crippen molar-refractivity contribution in [1.29, 1.82) is 0 Å². The topological polar surface area (TPSA) is 48.4 Å². The minimum absolute atomic E-state index is 0.328. The highest BCUT2D eigenvalue weighted by molar-refractivity contribution is 5.88. The van der Waals surface area contributed by atoms with E-state index in [-0.39, 0.29) is 0 Å². The SMILES string of the molecule is CCOC(=O)c1ccc(-c2ccccc2)c(Cc2ccc(OC)cc2)n1. The lowest BCUT2D eigenvalue weighted by Gasteiger charge is -2.12. The maximum Gasteiger partial charge on any atom is 0.356 e. The lowest BCUT2D eigenvalue weighted by Crippen LogP contribution is -2.09. The molecular weight excluding hydrogens is 326 g/mol. The van der Waals surface area contributed by atoms with Crippen LogP contribution in [0.15, 0.2) is 66.7 Å². The highest BCUT2D eigenvalue weighted by Gasteiger charge is 2.14. The van der Waals surface area contributed by atoms with E-state index in [2.05, 4.69) is 4.98 Å². The van der Waals surface area contributed by atoms with Crippen LogP contribution in [0.25, 0.3) is 11.1 Å². The molecule has 0 bridgehead atoms. The minimum Gasteiger partial charge on any atom is -0.497 e. The molecule has 0 amide bonds. The molecule has 0 saturated carbocycles. The quantitative estimate of drug-likeness (QED) is 0.615. The number of carbonyl (C=O) groups excluding carboxylic acids is 1. The highest BCUT2D eigenvalue weighted by atomic mass is 16.5. The zero-order valence-electron chi connectivity index (χ0n) is 14.9. The van der Waals surface area contributed by atoms with Crippen molar-refractivity contribution in [2.75, 3.05) is 13.7 Å². The Balaban J connectivity index is 2.00. The lowest BCUT2D eigenvalue weighted by atomic mass is 9.99. The first-order valence-electron chi connectivity index (χ1n) is 8.56. The molecule has 0 radical (unpaired) electrons. The van der Waals surface area contributed by atoms with Gasteiger partial charge in [0.1, 0.15) is 11.4 Å². The third-order valence-corrected chi connectivity index (χ3v) is 4.07. The van der Waals surface area contributed by atoms with Crippen LogP contribution in [0.1, 0.15) is 28.7 Å². The van der Waals surface area contributed by atoms with E-state index in [1.807, 2.05) is 60.7 Å². The third-order valence-electron chi connectivity index (χ3n) is 4.07. The highest BCUT2D eigenvalue weighted by Crippen LogP contribution is 2.25. The summed E-state index contributed by atoms with van der Waals surface area (Å²) in [6, 6.07) is 21.6. The number of aromatic nitrogens is 1. The zero-order valence-corrected chi connectivity index (χ0v) is 14.9. The van der Waals surface area contributed by atoms with Crippen LogP contribution in [0, 0.1) is 0 Å². The normalized spacial score (nSPS) is 10.4. The summed E-state index contributed by atoms with van der Waals surface area (Å²) >= 11 is 0. The first-order chi connectivity index (χ1) is 12.7. The summed E-state index contributed by atoms with van der Waals surface area (Å²) in [4.78, 5) is 16.7. The van der Waals surface area contributed by atoms with E-state index in [0.29, 0.717) is 18.7 Å². The van der Waals surface area contributed by atoms with Gasteiger partial charge in [0.2, 0.25) is 0 Å². The fourth-order valence-electron chi connectivity index (χ4n) is 2.77. The van der Waals surface area contributed by atoms with Crippen LogP contribution in [0.4, 0.5) is 0 Å². The second-order valence-electron chi connectivity index (χ2n) is 5.80. The molecule has 4 nitrogen and oxygen atoms in total. The Morgan fingerprint density at radius 1 is 0.962 bits per heavy atom. The number of benzene rings is 2. The molecule has 0 aliphatic heterocycles. The molecule has 26 heavy (non-hydrogen) atoms. The molecule has 0 atom stereocenters. The van der Waals surface area contributed by atoms with Crippen molar-refractivity contribution in [2.24, 2.45) is 0 Å². The zero-order chi connectivity index (χ0) is 18.4. The monoisotopic (exact) mass is 347 g/mol. The van der Waals surface area contributed by atoms with E-state index in [1.165, 1.54) is 0 Å². The number of methoxy groups -OCH3 is 1. The molecule has 1 aromatic heterocycles. The van der Waals surface area contributed by atoms with Crippen LogP contribution in [0.2, 0.25) is 0 Å². The fraction of sp³-hybridized carbons (Fsp3) is 0.182. The predicted molar refractivity (Wildman–Crippen MR) is 101 cm³/mol. The molecule has 0 aliphatic carbocycles. The van der Waals surface area contributed by atoms with Gasteiger partial charge in [-0.2, -0.15) is 0 Å². The summed E-state index contributed by atoms with van der Waals surface area (Å²) in [7, 11) is 1.65. The summed E-state index contributed by atoms with van der Waals surface area (Å²) in [5.74, 6) is 0.411. The van der Waals surface area contributed by atoms with Gasteiger partial charge in [0, 0.05) is 12.0 Å². The number of nitrogens with zero attached hydrogens (tertiary/aromatic N) is 1. The molecule has 0 unspecified atom stereocenters. The molecule has 132 valence electrons. The van der Waals surface area contributed by atoms with Gasteiger partial charge in [0.25, 0.3) is 0 Å². The van der Waals surface area contributed by atoms with Crippen LogP contribution in [-0.2, 0) is 11.2 Å². The number of hydrogen-bond donors (Lipinski definition) is 0. The largest absolute Gasteiger partial charge is 0.497 e. The van der Waals surface area contributed by atoms with E-state index < -0.39 is 5.97 Å². The average Bonchev–Trinajstić information content (AvgIpc) is 2.69. The number of carbonyl (C=O) groups is 1. The maximum atomic E-state index is 12.1. The van der Waals surface area contributed by atoms with Crippen LogP contribution in [-0.4, -0.2) is 24.7 Å². The van der Waals surface area contributed by atoms with Crippen LogP contribution in [0.5, 0.6) is 5.75 Å². The van der Waals surface area contributed by atoms with Crippen LogP contribution >= 0.6 is 0 Å². The van der Waals surface area contributed by atoms with Crippen molar-refractivity contribution in [3.05, 3.63) is 83.7 Å². The number of pyridine rings is 1. The lowest BCUT2D eigenvalue weighted by molar-refractivity contribution is 0.0519. The van der Waals surface area contributed by atoms with Gasteiger partial charge < -0.3 is 9.47 Å². The Morgan fingerprint density at radius 3 is 2.35 bits per heavy atom. The van der Waals surface area contributed by atoms with E-state index in [1.54, 1.807) is 20.1 Å². The number of esters is 1. The standard InChI is InChI=1S/C22H21NO3/c1-3-26-22(24)20-14-13-19(17-7-5-4-6-8-17)21(23-20)15-16-9-11-18(25-2)12-10-16/h4-14H,3,15H2,1-2H3. The molecule has 0 aliphatic rings. The van der Waals surface area contributed by atoms with Gasteiger partial charge in [-0.05, 0) is 36.2 Å². The van der Waals surface area contributed by atoms with Crippen molar-refractivity contribution in [3.63, 3.8) is 0 Å². The van der Waals surface area contributed by atoms with E-state index >= 15 is 0 Å². The van der Waals surface area contributed by atoms with Crippen molar-refractivity contribution >= 4 is 5.97 Å². The summed E-state index contributed by atoms with van der Waals surface area (Å²) < 4.78 is 10.3. The molecule has 3 rings (SSSR count). The molecule has 1 heterocycles. The van der Waals surface area contributed by atoms with Gasteiger partial charge in [-0.3, -0.25) is 0 Å². The molecular formula is C22H21NO3. The Labute approximate surface area is 153 Å². The van der Waals surface area contributed by atoms with Crippen LogP contribution in [0.3, 0.4) is 0 Å². The average molecular weight is 347 g/mol. The van der Waals surface area contributed by atoms with Crippen molar-refractivity contribution in [3.8, 4) is 16.9 Å². The Kier molecular flexibility index (Phi) is 5.64. The fourth-order valence-corrected chi connectivity index (χ4v) is 2.77. The first-order valence-corrected chi connectivity index (χ1v) is 8.56. The first kappa shape index (κ1) is 17.7. The van der Waals surface area contributed by atoms with Crippen molar-refractivity contribution in [1.82, 2.24) is 4.98 Å². The van der Waals surface area contributed by atoms with Crippen LogP contribution < -0.4 is 4.74 Å². The Morgan fingerprint density at radius 2 is 1.69 bits per heavy atom. The van der Waals surface area contributed by atoms with Crippen molar-refractivity contribution in [2.45, 2.75) is 13.3 Å². The van der Waals surface area contributed by atoms with Crippen molar-refractivity contribution < 1.29 is 14.3 Å². The summed E-state index contributed by atoms with van der Waals surface area (Å²) in [5, 5.41) is 0. The summed E-state index contributed by atoms with van der Waals surface area (Å²) in [6.45, 7) is 2.11. The number of ether oxygens (including phenoxy) is 2. The maximum absolute atomic E-state index is 12.1. The number of hydrogen-bond acceptors (Lipinski definition) is 4. The predicted octanol–water partition coefficient (Wildman–Crippen LogP) is 4.52. The molecule has 0 spiro atoms. The van der Waals surface area contributed by atoms with E-state index in [9.17, 15) is 4.79 Å². The van der Waals surface area contributed by atoms with Gasteiger partial charge in [-0.25, -0.2) is 9.78 Å². The van der Waals surface area contributed by atoms with E-state index in [0.717, 1.165) is 28.1 Å². The summed E-state index contributed by atoms with van der Waals surface area (Å²) in [6.07, 6.45) is 0.613. The van der Waals surface area contributed by atoms with Gasteiger partial charge in [-0.1, -0.05) is 48.5 Å². The van der Waals surface area contributed by atoms with Gasteiger partial charge in [0.15, 0.2) is 0 Å². The minimum atomic E-state index is -0.400. The third kappa shape index (κ3) is 4.09. The smallest absolute Gasteiger partial charge is 0.356 e. The Bertz CT molecular complexity index is 874. The summed E-state index contributed by atoms with van der Waals surface area (Å²) in [5.41, 5.74) is 4.34. The Hall–Kier alpha value is -3.14.